The van der Waals surface area contributed by atoms with Gasteiger partial charge in [0.15, 0.2) is 0 Å². The van der Waals surface area contributed by atoms with E-state index in [1.807, 2.05) is 11.9 Å². The summed E-state index contributed by atoms with van der Waals surface area (Å²) in [5, 5.41) is 0. The average Bonchev–Trinajstić information content (AvgIpc) is 2.81. The standard InChI is InChI=1S/C13H23N3O/c1-15(12-6-2-3-7-12)13(17)10-16-8-4-5-11(14)9-16/h6,11H,2-5,7-10,14H2,1H3. The van der Waals surface area contributed by atoms with Crippen LogP contribution in [-0.2, 0) is 4.79 Å². The lowest BCUT2D eigenvalue weighted by Gasteiger charge is -2.31. The summed E-state index contributed by atoms with van der Waals surface area (Å²) in [7, 11) is 1.89. The van der Waals surface area contributed by atoms with E-state index in [0.29, 0.717) is 6.54 Å². The normalized spacial score (nSPS) is 25.8. The van der Waals surface area contributed by atoms with E-state index in [1.165, 1.54) is 12.1 Å². The van der Waals surface area contributed by atoms with Crippen molar-refractivity contribution in [3.05, 3.63) is 11.8 Å². The van der Waals surface area contributed by atoms with Gasteiger partial charge in [0.05, 0.1) is 6.54 Å². The monoisotopic (exact) mass is 237 g/mol. The van der Waals surface area contributed by atoms with Crippen molar-refractivity contribution >= 4 is 5.91 Å². The fraction of sp³-hybridized carbons (Fsp3) is 0.769. The van der Waals surface area contributed by atoms with E-state index in [-0.39, 0.29) is 11.9 Å². The molecule has 2 N–H and O–H groups in total. The molecule has 0 saturated carbocycles. The van der Waals surface area contributed by atoms with Crippen molar-refractivity contribution in [1.82, 2.24) is 9.80 Å². The molecule has 0 spiro atoms. The predicted octanol–water partition coefficient (Wildman–Crippen LogP) is 0.936. The van der Waals surface area contributed by atoms with Crippen LogP contribution in [0, 0.1) is 0 Å². The molecule has 4 heteroatoms. The summed E-state index contributed by atoms with van der Waals surface area (Å²) in [5.74, 6) is 0.201. The van der Waals surface area contributed by atoms with Gasteiger partial charge < -0.3 is 10.6 Å². The fourth-order valence-electron chi connectivity index (χ4n) is 2.65. The minimum Gasteiger partial charge on any atom is -0.327 e. The maximum atomic E-state index is 12.1. The molecule has 0 radical (unpaired) electrons. The van der Waals surface area contributed by atoms with Gasteiger partial charge in [-0.15, -0.1) is 0 Å². The van der Waals surface area contributed by atoms with E-state index in [4.69, 9.17) is 5.73 Å². The smallest absolute Gasteiger partial charge is 0.240 e. The molecule has 1 fully saturated rings. The number of nitrogens with two attached hydrogens (primary N) is 1. The first kappa shape index (κ1) is 12.6. The summed E-state index contributed by atoms with van der Waals surface area (Å²) in [6, 6.07) is 0.243. The molecule has 0 aromatic carbocycles. The Morgan fingerprint density at radius 2 is 2.41 bits per heavy atom. The molecule has 2 aliphatic rings. The Labute approximate surface area is 103 Å². The highest BCUT2D eigenvalue weighted by Gasteiger charge is 2.22. The number of carbonyl (C=O) groups excluding carboxylic acids is 1. The Morgan fingerprint density at radius 3 is 3.06 bits per heavy atom. The van der Waals surface area contributed by atoms with Crippen molar-refractivity contribution in [2.45, 2.75) is 38.1 Å². The second kappa shape index (κ2) is 5.65. The Morgan fingerprint density at radius 1 is 1.59 bits per heavy atom. The first-order valence-electron chi connectivity index (χ1n) is 6.60. The molecule has 1 aliphatic heterocycles. The summed E-state index contributed by atoms with van der Waals surface area (Å²) in [6.45, 7) is 2.38. The van der Waals surface area contributed by atoms with Gasteiger partial charge in [0.2, 0.25) is 5.91 Å². The number of likely N-dealkylation sites (N-methyl/N-ethyl adjacent to an activating group) is 1. The molecule has 1 unspecified atom stereocenters. The van der Waals surface area contributed by atoms with Crippen LogP contribution in [0.4, 0.5) is 0 Å². The van der Waals surface area contributed by atoms with Gasteiger partial charge in [-0.3, -0.25) is 9.69 Å². The lowest BCUT2D eigenvalue weighted by molar-refractivity contribution is -0.129. The Bertz CT molecular complexity index is 314. The Hall–Kier alpha value is -0.870. The minimum atomic E-state index is 0.201. The molecular weight excluding hydrogens is 214 g/mol. The van der Waals surface area contributed by atoms with E-state index in [2.05, 4.69) is 11.0 Å². The van der Waals surface area contributed by atoms with Gasteiger partial charge in [0, 0.05) is 25.3 Å². The van der Waals surface area contributed by atoms with E-state index < -0.39 is 0 Å². The molecular formula is C13H23N3O. The fourth-order valence-corrected chi connectivity index (χ4v) is 2.65. The highest BCUT2D eigenvalue weighted by Crippen LogP contribution is 2.20. The van der Waals surface area contributed by atoms with Crippen LogP contribution in [0.3, 0.4) is 0 Å². The van der Waals surface area contributed by atoms with Crippen LogP contribution in [-0.4, -0.2) is 48.4 Å². The highest BCUT2D eigenvalue weighted by atomic mass is 16.2. The van der Waals surface area contributed by atoms with Crippen LogP contribution in [0.1, 0.15) is 32.1 Å². The van der Waals surface area contributed by atoms with E-state index in [0.717, 1.165) is 38.8 Å². The molecule has 1 heterocycles. The number of allylic oxidation sites excluding steroid dienone is 2. The largest absolute Gasteiger partial charge is 0.327 e. The second-order valence-corrected chi connectivity index (χ2v) is 5.18. The van der Waals surface area contributed by atoms with Gasteiger partial charge in [0.25, 0.3) is 0 Å². The van der Waals surface area contributed by atoms with Gasteiger partial charge in [-0.2, -0.15) is 0 Å². The van der Waals surface area contributed by atoms with Crippen molar-refractivity contribution in [2.75, 3.05) is 26.7 Å². The van der Waals surface area contributed by atoms with Crippen LogP contribution in [0.2, 0.25) is 0 Å². The van der Waals surface area contributed by atoms with Crippen molar-refractivity contribution in [1.29, 1.82) is 0 Å². The maximum absolute atomic E-state index is 12.1. The number of nitrogens with zero attached hydrogens (tertiary/aromatic N) is 2. The average molecular weight is 237 g/mol. The van der Waals surface area contributed by atoms with Crippen molar-refractivity contribution < 1.29 is 4.79 Å². The molecule has 96 valence electrons. The van der Waals surface area contributed by atoms with Crippen LogP contribution in [0.15, 0.2) is 11.8 Å². The zero-order chi connectivity index (χ0) is 12.3. The van der Waals surface area contributed by atoms with Crippen LogP contribution >= 0.6 is 0 Å². The molecule has 1 aliphatic carbocycles. The number of amides is 1. The van der Waals surface area contributed by atoms with Gasteiger partial charge in [0.1, 0.15) is 0 Å². The zero-order valence-electron chi connectivity index (χ0n) is 10.7. The molecule has 0 aromatic rings. The number of likely N-dealkylation sites (tertiary alicyclic amines) is 1. The van der Waals surface area contributed by atoms with Crippen LogP contribution in [0.5, 0.6) is 0 Å². The third-order valence-electron chi connectivity index (χ3n) is 3.72. The van der Waals surface area contributed by atoms with Crippen LogP contribution < -0.4 is 5.73 Å². The second-order valence-electron chi connectivity index (χ2n) is 5.18. The summed E-state index contributed by atoms with van der Waals surface area (Å²) < 4.78 is 0. The van der Waals surface area contributed by atoms with E-state index in [9.17, 15) is 4.79 Å². The summed E-state index contributed by atoms with van der Waals surface area (Å²) in [4.78, 5) is 16.1. The van der Waals surface area contributed by atoms with E-state index >= 15 is 0 Å². The van der Waals surface area contributed by atoms with E-state index in [1.54, 1.807) is 0 Å². The minimum absolute atomic E-state index is 0.201. The Balaban J connectivity index is 1.83. The quantitative estimate of drug-likeness (QED) is 0.794. The molecule has 17 heavy (non-hydrogen) atoms. The Kier molecular flexibility index (Phi) is 4.18. The first-order chi connectivity index (χ1) is 8.16. The third kappa shape index (κ3) is 3.30. The lowest BCUT2D eigenvalue weighted by atomic mass is 10.1. The molecule has 1 atom stereocenters. The van der Waals surface area contributed by atoms with Crippen molar-refractivity contribution in [3.8, 4) is 0 Å². The topological polar surface area (TPSA) is 49.6 Å². The molecule has 0 bridgehead atoms. The lowest BCUT2D eigenvalue weighted by Crippen LogP contribution is -2.47. The van der Waals surface area contributed by atoms with Crippen LogP contribution in [0.25, 0.3) is 0 Å². The van der Waals surface area contributed by atoms with Gasteiger partial charge in [-0.25, -0.2) is 0 Å². The molecule has 1 saturated heterocycles. The third-order valence-corrected chi connectivity index (χ3v) is 3.72. The van der Waals surface area contributed by atoms with Gasteiger partial charge in [-0.05, 0) is 38.6 Å². The predicted molar refractivity (Wildman–Crippen MR) is 68.4 cm³/mol. The molecule has 4 nitrogen and oxygen atoms in total. The number of rotatable bonds is 3. The van der Waals surface area contributed by atoms with Crippen molar-refractivity contribution in [3.63, 3.8) is 0 Å². The number of carbonyl (C=O) groups is 1. The number of hydrogen-bond acceptors (Lipinski definition) is 3. The van der Waals surface area contributed by atoms with Gasteiger partial charge in [-0.1, -0.05) is 6.08 Å². The SMILES string of the molecule is CN(C(=O)CN1CCCC(N)C1)C1=CCCC1. The molecule has 2 rings (SSSR count). The number of piperidine rings is 1. The summed E-state index contributed by atoms with van der Waals surface area (Å²) >= 11 is 0. The number of hydrogen-bond donors (Lipinski definition) is 1. The summed E-state index contributed by atoms with van der Waals surface area (Å²) in [6.07, 6.45) is 7.72. The molecule has 1 amide bonds. The summed E-state index contributed by atoms with van der Waals surface area (Å²) in [5.41, 5.74) is 7.11. The highest BCUT2D eigenvalue weighted by molar-refractivity contribution is 5.79. The maximum Gasteiger partial charge on any atom is 0.240 e. The van der Waals surface area contributed by atoms with Gasteiger partial charge >= 0.3 is 0 Å². The molecule has 0 aromatic heterocycles. The first-order valence-corrected chi connectivity index (χ1v) is 6.60. The van der Waals surface area contributed by atoms with Crippen molar-refractivity contribution in [2.24, 2.45) is 5.73 Å². The zero-order valence-corrected chi connectivity index (χ0v) is 10.7.